The molecule has 0 aliphatic carbocycles. The van der Waals surface area contributed by atoms with Crippen molar-refractivity contribution in [3.8, 4) is 23.5 Å². The highest BCUT2D eigenvalue weighted by atomic mass is 16.5. The van der Waals surface area contributed by atoms with Gasteiger partial charge in [0.05, 0.1) is 34.9 Å². The van der Waals surface area contributed by atoms with Gasteiger partial charge in [-0.2, -0.15) is 15.2 Å². The number of nitriles is 1. The fourth-order valence-electron chi connectivity index (χ4n) is 3.71. The van der Waals surface area contributed by atoms with E-state index >= 15 is 0 Å². The fraction of sp³-hybridized carbons (Fsp3) is 0.321. The molecule has 7 nitrogen and oxygen atoms in total. The van der Waals surface area contributed by atoms with Crippen molar-refractivity contribution in [1.29, 1.82) is 5.26 Å². The molecule has 4 rings (SSSR count). The van der Waals surface area contributed by atoms with E-state index in [-0.39, 0.29) is 6.01 Å². The fourth-order valence-corrected chi connectivity index (χ4v) is 3.71. The normalized spacial score (nSPS) is 11.5. The van der Waals surface area contributed by atoms with Crippen LogP contribution < -0.4 is 9.64 Å². The molecule has 4 aromatic rings. The van der Waals surface area contributed by atoms with Crippen LogP contribution in [0.2, 0.25) is 0 Å². The number of rotatable bonds is 7. The molecule has 35 heavy (non-hydrogen) atoms. The van der Waals surface area contributed by atoms with E-state index in [9.17, 15) is 5.26 Å². The molecule has 0 N–H and O–H groups in total. The van der Waals surface area contributed by atoms with Crippen LogP contribution in [0, 0.1) is 24.2 Å². The minimum atomic E-state index is -0.555. The van der Waals surface area contributed by atoms with Crippen molar-refractivity contribution >= 4 is 22.5 Å². The van der Waals surface area contributed by atoms with Gasteiger partial charge in [0, 0.05) is 18.9 Å². The van der Waals surface area contributed by atoms with Gasteiger partial charge in [-0.1, -0.05) is 32.0 Å². The maximum Gasteiger partial charge on any atom is 0.320 e. The van der Waals surface area contributed by atoms with Gasteiger partial charge >= 0.3 is 6.01 Å². The van der Waals surface area contributed by atoms with Crippen LogP contribution in [0.4, 0.5) is 11.5 Å². The van der Waals surface area contributed by atoms with Gasteiger partial charge in [-0.05, 0) is 68.1 Å². The number of aryl methyl sites for hydroxylation is 1. The quantitative estimate of drug-likeness (QED) is 0.330. The predicted molar refractivity (Wildman–Crippen MR) is 139 cm³/mol. The van der Waals surface area contributed by atoms with Gasteiger partial charge in [0.15, 0.2) is 5.65 Å². The first-order valence-corrected chi connectivity index (χ1v) is 11.7. The molecule has 0 saturated heterocycles. The van der Waals surface area contributed by atoms with Crippen molar-refractivity contribution in [2.45, 2.75) is 40.0 Å². The Hall–Kier alpha value is -4.05. The maximum atomic E-state index is 9.46. The molecule has 0 aliphatic rings. The molecule has 0 radical (unpaired) electrons. The molecule has 3 aromatic heterocycles. The number of hydrogen-bond donors (Lipinski definition) is 0. The summed E-state index contributed by atoms with van der Waals surface area (Å²) in [5.41, 5.74) is 4.50. The summed E-state index contributed by atoms with van der Waals surface area (Å²) in [4.78, 5) is 20.7. The van der Waals surface area contributed by atoms with Crippen molar-refractivity contribution in [2.24, 2.45) is 5.92 Å². The summed E-state index contributed by atoms with van der Waals surface area (Å²) in [6, 6.07) is 18.5. The van der Waals surface area contributed by atoms with Gasteiger partial charge < -0.3 is 9.64 Å². The van der Waals surface area contributed by atoms with E-state index in [1.54, 1.807) is 6.20 Å². The second kappa shape index (κ2) is 9.67. The van der Waals surface area contributed by atoms with Crippen LogP contribution in [0.5, 0.6) is 6.01 Å². The van der Waals surface area contributed by atoms with Gasteiger partial charge in [0.25, 0.3) is 0 Å². The van der Waals surface area contributed by atoms with E-state index in [2.05, 4.69) is 29.9 Å². The summed E-state index contributed by atoms with van der Waals surface area (Å²) in [7, 11) is 1.95. The molecule has 7 heteroatoms. The highest BCUT2D eigenvalue weighted by Crippen LogP contribution is 2.33. The van der Waals surface area contributed by atoms with Crippen LogP contribution in [0.1, 0.15) is 38.8 Å². The highest BCUT2D eigenvalue weighted by Gasteiger charge is 2.21. The van der Waals surface area contributed by atoms with Crippen LogP contribution in [-0.4, -0.2) is 33.6 Å². The minimum Gasteiger partial charge on any atom is -0.463 e. The molecule has 0 bridgehead atoms. The number of anilines is 2. The van der Waals surface area contributed by atoms with Gasteiger partial charge in [-0.15, -0.1) is 0 Å². The Bertz CT molecular complexity index is 1390. The molecule has 0 aliphatic heterocycles. The molecular weight excluding hydrogens is 436 g/mol. The lowest BCUT2D eigenvalue weighted by Gasteiger charge is -2.22. The summed E-state index contributed by atoms with van der Waals surface area (Å²) in [6.45, 7) is 10.5. The average Bonchev–Trinajstić information content (AvgIpc) is 2.86. The zero-order chi connectivity index (χ0) is 25.2. The number of ether oxygens (including phenoxy) is 1. The Morgan fingerprint density at radius 2 is 1.77 bits per heavy atom. The van der Waals surface area contributed by atoms with E-state index in [1.165, 1.54) is 0 Å². The van der Waals surface area contributed by atoms with E-state index in [0.717, 1.165) is 33.6 Å². The van der Waals surface area contributed by atoms with Gasteiger partial charge in [0.1, 0.15) is 5.82 Å². The van der Waals surface area contributed by atoms with E-state index in [0.29, 0.717) is 24.0 Å². The Kier molecular flexibility index (Phi) is 6.65. The maximum absolute atomic E-state index is 9.46. The van der Waals surface area contributed by atoms with Gasteiger partial charge in [0.2, 0.25) is 0 Å². The molecular formula is C28H30N6O. The Morgan fingerprint density at radius 3 is 2.43 bits per heavy atom. The third-order valence-electron chi connectivity index (χ3n) is 5.89. The number of hydrogen-bond acceptors (Lipinski definition) is 7. The smallest absolute Gasteiger partial charge is 0.320 e. The first-order chi connectivity index (χ1) is 16.7. The van der Waals surface area contributed by atoms with Crippen molar-refractivity contribution in [3.63, 3.8) is 0 Å². The predicted octanol–water partition coefficient (Wildman–Crippen LogP) is 6.00. The SMILES string of the molecule is Cc1cccnc1-c1ccc2c(N(C)c3ccc(C(C)(C)C#N)cc3)nc(OCC(C)C)nc2n1. The molecule has 0 unspecified atom stereocenters. The number of aromatic nitrogens is 4. The summed E-state index contributed by atoms with van der Waals surface area (Å²) in [6.07, 6.45) is 1.77. The van der Waals surface area contributed by atoms with Crippen LogP contribution in [0.15, 0.2) is 54.7 Å². The molecule has 0 atom stereocenters. The lowest BCUT2D eigenvalue weighted by Crippen LogP contribution is -2.16. The number of nitrogens with zero attached hydrogens (tertiary/aromatic N) is 6. The van der Waals surface area contributed by atoms with Crippen LogP contribution in [0.25, 0.3) is 22.4 Å². The zero-order valence-corrected chi connectivity index (χ0v) is 21.1. The lowest BCUT2D eigenvalue weighted by molar-refractivity contribution is 0.252. The minimum absolute atomic E-state index is 0.290. The lowest BCUT2D eigenvalue weighted by atomic mass is 9.86. The Morgan fingerprint density at radius 1 is 1.03 bits per heavy atom. The van der Waals surface area contributed by atoms with Crippen LogP contribution in [-0.2, 0) is 5.41 Å². The largest absolute Gasteiger partial charge is 0.463 e. The van der Waals surface area contributed by atoms with Crippen molar-refractivity contribution in [1.82, 2.24) is 19.9 Å². The third kappa shape index (κ3) is 5.07. The second-order valence-corrected chi connectivity index (χ2v) is 9.61. The first-order valence-electron chi connectivity index (χ1n) is 11.7. The standard InChI is InChI=1S/C28H30N6O/c1-18(2)16-35-27-32-25-22(13-14-23(31-25)24-19(3)8-7-15-30-24)26(33-27)34(6)21-11-9-20(10-12-21)28(4,5)17-29/h7-15,18H,16H2,1-6H3. The van der Waals surface area contributed by atoms with Crippen LogP contribution >= 0.6 is 0 Å². The Balaban J connectivity index is 1.80. The molecule has 0 spiro atoms. The van der Waals surface area contributed by atoms with Crippen LogP contribution in [0.3, 0.4) is 0 Å². The number of fused-ring (bicyclic) bond motifs is 1. The third-order valence-corrected chi connectivity index (χ3v) is 5.89. The topological polar surface area (TPSA) is 87.8 Å². The second-order valence-electron chi connectivity index (χ2n) is 9.61. The van der Waals surface area contributed by atoms with Crippen molar-refractivity contribution in [2.75, 3.05) is 18.6 Å². The molecule has 1 aromatic carbocycles. The number of benzene rings is 1. The van der Waals surface area contributed by atoms with Crippen molar-refractivity contribution in [3.05, 3.63) is 65.9 Å². The number of pyridine rings is 2. The van der Waals surface area contributed by atoms with Gasteiger partial charge in [-0.3, -0.25) is 4.98 Å². The molecule has 3 heterocycles. The average molecular weight is 467 g/mol. The monoisotopic (exact) mass is 466 g/mol. The summed E-state index contributed by atoms with van der Waals surface area (Å²) < 4.78 is 5.91. The zero-order valence-electron chi connectivity index (χ0n) is 21.1. The van der Waals surface area contributed by atoms with E-state index in [1.807, 2.05) is 81.2 Å². The Labute approximate surface area is 206 Å². The van der Waals surface area contributed by atoms with E-state index < -0.39 is 5.41 Å². The molecule has 0 fully saturated rings. The molecule has 178 valence electrons. The molecule has 0 saturated carbocycles. The van der Waals surface area contributed by atoms with Crippen molar-refractivity contribution < 1.29 is 4.74 Å². The van der Waals surface area contributed by atoms with Gasteiger partial charge in [-0.25, -0.2) is 4.98 Å². The first kappa shape index (κ1) is 24.1. The highest BCUT2D eigenvalue weighted by molar-refractivity contribution is 5.91. The summed E-state index contributed by atoms with van der Waals surface area (Å²) >= 11 is 0. The summed E-state index contributed by atoms with van der Waals surface area (Å²) in [5.74, 6) is 1.03. The summed E-state index contributed by atoms with van der Waals surface area (Å²) in [5, 5.41) is 10.3. The molecule has 0 amide bonds. The van der Waals surface area contributed by atoms with E-state index in [4.69, 9.17) is 14.7 Å².